The maximum Gasteiger partial charge on any atom is 0.267 e. The van der Waals surface area contributed by atoms with Crippen molar-refractivity contribution < 1.29 is 18.0 Å². The summed E-state index contributed by atoms with van der Waals surface area (Å²) >= 11 is 0. The number of alkyl halides is 2. The summed E-state index contributed by atoms with van der Waals surface area (Å²) in [6.45, 7) is 0. The van der Waals surface area contributed by atoms with E-state index in [9.17, 15) is 18.0 Å². The van der Waals surface area contributed by atoms with E-state index in [1.807, 2.05) is 0 Å². The third-order valence-electron chi connectivity index (χ3n) is 1.54. The van der Waals surface area contributed by atoms with Crippen LogP contribution in [0.4, 0.5) is 19.0 Å². The molecule has 0 radical (unpaired) electrons. The van der Waals surface area contributed by atoms with Crippen LogP contribution in [-0.2, 0) is 0 Å². The number of pyridine rings is 1. The summed E-state index contributed by atoms with van der Waals surface area (Å²) in [7, 11) is 0. The summed E-state index contributed by atoms with van der Waals surface area (Å²) in [5.74, 6) is -3.07. The Morgan fingerprint density at radius 3 is 2.50 bits per heavy atom. The zero-order valence-electron chi connectivity index (χ0n) is 6.80. The van der Waals surface area contributed by atoms with E-state index in [2.05, 4.69) is 4.98 Å². The molecule has 14 heavy (non-hydrogen) atoms. The maximum absolute atomic E-state index is 12.8. The fourth-order valence-corrected chi connectivity index (χ4v) is 0.867. The number of rotatable bonds is 2. The van der Waals surface area contributed by atoms with Crippen molar-refractivity contribution in [3.63, 3.8) is 0 Å². The molecule has 76 valence electrons. The van der Waals surface area contributed by atoms with Crippen LogP contribution < -0.4 is 11.5 Å². The second-order valence-corrected chi connectivity index (χ2v) is 2.47. The largest absolute Gasteiger partial charge is 0.383 e. The summed E-state index contributed by atoms with van der Waals surface area (Å²) in [4.78, 5) is 13.5. The zero-order chi connectivity index (χ0) is 10.9. The third kappa shape index (κ3) is 1.76. The van der Waals surface area contributed by atoms with E-state index in [1.54, 1.807) is 0 Å². The molecule has 7 heteroatoms. The van der Waals surface area contributed by atoms with E-state index < -0.39 is 35.2 Å². The van der Waals surface area contributed by atoms with Gasteiger partial charge in [0, 0.05) is 0 Å². The van der Waals surface area contributed by atoms with Crippen molar-refractivity contribution in [1.29, 1.82) is 0 Å². The van der Waals surface area contributed by atoms with Gasteiger partial charge < -0.3 is 11.5 Å². The van der Waals surface area contributed by atoms with Crippen molar-refractivity contribution in [2.75, 3.05) is 5.73 Å². The quantitative estimate of drug-likeness (QED) is 0.702. The van der Waals surface area contributed by atoms with Crippen molar-refractivity contribution in [3.8, 4) is 0 Å². The molecule has 1 aromatic rings. The van der Waals surface area contributed by atoms with Gasteiger partial charge in [-0.25, -0.2) is 13.8 Å². The van der Waals surface area contributed by atoms with Crippen LogP contribution in [0.5, 0.6) is 0 Å². The number of hydrogen-bond donors (Lipinski definition) is 2. The molecule has 0 aromatic carbocycles. The Morgan fingerprint density at radius 2 is 2.07 bits per heavy atom. The monoisotopic (exact) mass is 205 g/mol. The van der Waals surface area contributed by atoms with Crippen LogP contribution in [0.3, 0.4) is 0 Å². The number of hydrogen-bond acceptors (Lipinski definition) is 3. The number of primary amides is 1. The fraction of sp³-hybridized carbons (Fsp3) is 0.143. The zero-order valence-corrected chi connectivity index (χ0v) is 6.80. The number of anilines is 1. The number of halogens is 3. The Hall–Kier alpha value is -1.79. The molecule has 4 N–H and O–H groups in total. The number of nitrogens with zero attached hydrogens (tertiary/aromatic N) is 1. The summed E-state index contributed by atoms with van der Waals surface area (Å²) in [6.07, 6.45) is -2.93. The lowest BCUT2D eigenvalue weighted by Gasteiger charge is -2.05. The summed E-state index contributed by atoms with van der Waals surface area (Å²) in [5, 5.41) is 0. The number of carbonyl (C=O) groups is 1. The maximum atomic E-state index is 12.8. The first kappa shape index (κ1) is 10.3. The Balaban J connectivity index is 3.34. The van der Waals surface area contributed by atoms with Gasteiger partial charge in [0.15, 0.2) is 0 Å². The number of carbonyl (C=O) groups excluding carboxylic acids is 1. The standard InChI is InChI=1S/C7H6F3N3O/c8-4(9)2-1-3(7(12)14)5(10)13-6(2)11/h1,4H,(H2,11,13)(H2,12,14). The average molecular weight is 205 g/mol. The third-order valence-corrected chi connectivity index (χ3v) is 1.54. The van der Waals surface area contributed by atoms with Crippen LogP contribution in [-0.4, -0.2) is 10.9 Å². The highest BCUT2D eigenvalue weighted by Crippen LogP contribution is 2.25. The number of amides is 1. The molecular formula is C7H6F3N3O. The molecule has 0 bridgehead atoms. The van der Waals surface area contributed by atoms with Gasteiger partial charge in [0.25, 0.3) is 12.3 Å². The minimum Gasteiger partial charge on any atom is -0.383 e. The van der Waals surface area contributed by atoms with Crippen molar-refractivity contribution >= 4 is 11.7 Å². The fourth-order valence-electron chi connectivity index (χ4n) is 0.867. The molecule has 0 aliphatic carbocycles. The molecule has 0 unspecified atom stereocenters. The highest BCUT2D eigenvalue weighted by atomic mass is 19.3. The van der Waals surface area contributed by atoms with Gasteiger partial charge in [0.2, 0.25) is 5.95 Å². The van der Waals surface area contributed by atoms with Crippen LogP contribution in [0.25, 0.3) is 0 Å². The molecule has 0 saturated heterocycles. The summed E-state index contributed by atoms with van der Waals surface area (Å²) in [5.41, 5.74) is 8.33. The molecule has 0 aliphatic rings. The molecule has 1 aromatic heterocycles. The highest BCUT2D eigenvalue weighted by Gasteiger charge is 2.19. The van der Waals surface area contributed by atoms with E-state index in [1.165, 1.54) is 0 Å². The Kier molecular flexibility index (Phi) is 2.59. The Morgan fingerprint density at radius 1 is 1.50 bits per heavy atom. The van der Waals surface area contributed by atoms with E-state index in [4.69, 9.17) is 11.5 Å². The topological polar surface area (TPSA) is 82.0 Å². The number of nitrogen functional groups attached to an aromatic ring is 1. The number of nitrogens with two attached hydrogens (primary N) is 2. The van der Waals surface area contributed by atoms with Gasteiger partial charge in [0.05, 0.1) is 11.1 Å². The predicted octanol–water partition coefficient (Wildman–Crippen LogP) is 0.839. The van der Waals surface area contributed by atoms with Crippen LogP contribution in [0.1, 0.15) is 22.3 Å². The molecule has 0 atom stereocenters. The Bertz CT molecular complexity index is 381. The summed E-state index contributed by atoms with van der Waals surface area (Å²) in [6, 6.07) is 0.602. The Labute approximate surface area is 76.7 Å². The van der Waals surface area contributed by atoms with Crippen molar-refractivity contribution in [3.05, 3.63) is 23.1 Å². The SMILES string of the molecule is NC(=O)c1cc(C(F)F)c(N)nc1F. The van der Waals surface area contributed by atoms with Crippen LogP contribution >= 0.6 is 0 Å². The molecule has 4 nitrogen and oxygen atoms in total. The first-order valence-electron chi connectivity index (χ1n) is 3.47. The molecular weight excluding hydrogens is 199 g/mol. The van der Waals surface area contributed by atoms with Gasteiger partial charge >= 0.3 is 0 Å². The lowest BCUT2D eigenvalue weighted by molar-refractivity contribution is 0.0995. The van der Waals surface area contributed by atoms with Gasteiger partial charge in [-0.3, -0.25) is 4.79 Å². The second kappa shape index (κ2) is 3.52. The highest BCUT2D eigenvalue weighted by molar-refractivity contribution is 5.93. The van der Waals surface area contributed by atoms with E-state index in [-0.39, 0.29) is 0 Å². The predicted molar refractivity (Wildman–Crippen MR) is 42.1 cm³/mol. The molecule has 1 heterocycles. The smallest absolute Gasteiger partial charge is 0.267 e. The second-order valence-electron chi connectivity index (χ2n) is 2.47. The normalized spacial score (nSPS) is 10.6. The van der Waals surface area contributed by atoms with Crippen molar-refractivity contribution in [2.45, 2.75) is 6.43 Å². The van der Waals surface area contributed by atoms with Crippen molar-refractivity contribution in [2.24, 2.45) is 5.73 Å². The van der Waals surface area contributed by atoms with Crippen LogP contribution in [0, 0.1) is 5.95 Å². The number of aromatic nitrogens is 1. The summed E-state index contributed by atoms with van der Waals surface area (Å²) < 4.78 is 37.2. The minimum absolute atomic E-state index is 0.602. The van der Waals surface area contributed by atoms with Gasteiger partial charge in [-0.05, 0) is 6.07 Å². The molecule has 0 saturated carbocycles. The van der Waals surface area contributed by atoms with E-state index >= 15 is 0 Å². The van der Waals surface area contributed by atoms with Gasteiger partial charge in [0.1, 0.15) is 5.82 Å². The average Bonchev–Trinajstić information content (AvgIpc) is 2.02. The molecule has 0 spiro atoms. The molecule has 0 fully saturated rings. The minimum atomic E-state index is -2.93. The first-order chi connectivity index (χ1) is 6.43. The first-order valence-corrected chi connectivity index (χ1v) is 3.47. The van der Waals surface area contributed by atoms with Gasteiger partial charge in [-0.1, -0.05) is 0 Å². The molecule has 1 amide bonds. The van der Waals surface area contributed by atoms with E-state index in [0.29, 0.717) is 6.07 Å². The van der Waals surface area contributed by atoms with Crippen LogP contribution in [0.15, 0.2) is 6.07 Å². The van der Waals surface area contributed by atoms with Gasteiger partial charge in [-0.2, -0.15) is 4.39 Å². The lowest BCUT2D eigenvalue weighted by atomic mass is 10.2. The van der Waals surface area contributed by atoms with Gasteiger partial charge in [-0.15, -0.1) is 0 Å². The lowest BCUT2D eigenvalue weighted by Crippen LogP contribution is -2.16. The molecule has 0 aliphatic heterocycles. The van der Waals surface area contributed by atoms with Crippen molar-refractivity contribution in [1.82, 2.24) is 4.98 Å². The molecule has 1 rings (SSSR count). The van der Waals surface area contributed by atoms with E-state index in [0.717, 1.165) is 0 Å². The van der Waals surface area contributed by atoms with Crippen LogP contribution in [0.2, 0.25) is 0 Å².